The second-order valence-electron chi connectivity index (χ2n) is 6.72. The summed E-state index contributed by atoms with van der Waals surface area (Å²) in [6, 6.07) is 9.69. The number of hydrogen-bond donors (Lipinski definition) is 3. The Morgan fingerprint density at radius 1 is 0.967 bits per heavy atom. The Bertz CT molecular complexity index is 1050. The summed E-state index contributed by atoms with van der Waals surface area (Å²) in [5.41, 5.74) is 9.81. The third-order valence-electron chi connectivity index (χ3n) is 4.38. The molecule has 4 N–H and O–H groups in total. The maximum Gasteiger partial charge on any atom is 0.294 e. The van der Waals surface area contributed by atoms with Gasteiger partial charge in [-0.2, -0.15) is 8.42 Å². The largest absolute Gasteiger partial charge is 0.397 e. The van der Waals surface area contributed by atoms with E-state index in [1.54, 1.807) is 18.2 Å². The van der Waals surface area contributed by atoms with Gasteiger partial charge >= 0.3 is 0 Å². The van der Waals surface area contributed by atoms with Crippen LogP contribution in [0.1, 0.15) is 31.9 Å². The average molecular weight is 458 g/mol. The third-order valence-corrected chi connectivity index (χ3v) is 5.83. The summed E-state index contributed by atoms with van der Waals surface area (Å²) in [7, 11) is -7.36. The van der Waals surface area contributed by atoms with Gasteiger partial charge in [0.1, 0.15) is 0 Å². The van der Waals surface area contributed by atoms with Crippen LogP contribution >= 0.6 is 0 Å². The molecular formula is C20H31N3O5S2. The van der Waals surface area contributed by atoms with Crippen LogP contribution in [-0.4, -0.2) is 40.7 Å². The van der Waals surface area contributed by atoms with E-state index in [0.717, 1.165) is 36.2 Å². The normalized spacial score (nSPS) is 11.4. The number of rotatable bonds is 7. The smallest absolute Gasteiger partial charge is 0.294 e. The van der Waals surface area contributed by atoms with Gasteiger partial charge in [0.25, 0.3) is 10.1 Å². The minimum atomic E-state index is -4.02. The lowest BCUT2D eigenvalue weighted by atomic mass is 10.1. The van der Waals surface area contributed by atoms with Crippen molar-refractivity contribution >= 4 is 37.2 Å². The number of benzene rings is 2. The van der Waals surface area contributed by atoms with E-state index in [1.165, 1.54) is 12.1 Å². The van der Waals surface area contributed by atoms with Crippen molar-refractivity contribution in [2.24, 2.45) is 0 Å². The minimum Gasteiger partial charge on any atom is -0.397 e. The van der Waals surface area contributed by atoms with Crippen LogP contribution in [0.3, 0.4) is 0 Å². The lowest BCUT2D eigenvalue weighted by Crippen LogP contribution is -2.24. The topological polar surface area (TPSA) is 130 Å². The van der Waals surface area contributed by atoms with Gasteiger partial charge in [0.15, 0.2) is 0 Å². The molecule has 2 rings (SSSR count). The standard InChI is InChI=1S/C13H23N3O2S.C7H8O3S/c1-5-10-12(16(6-2)7-3)9-8-11(14)13(10)15-19(4,17)18;1-6-2-4-7(5-3-6)11(8,9)10/h8-9,15H,5-7,14H2,1-4H3;2-5H,1H3,(H,8,9,10). The van der Waals surface area contributed by atoms with Crippen molar-refractivity contribution in [3.63, 3.8) is 0 Å². The molecule has 0 spiro atoms. The van der Waals surface area contributed by atoms with Crippen molar-refractivity contribution in [2.45, 2.75) is 39.0 Å². The van der Waals surface area contributed by atoms with E-state index in [9.17, 15) is 16.8 Å². The Balaban J connectivity index is 0.000000346. The molecule has 0 atom stereocenters. The summed E-state index contributed by atoms with van der Waals surface area (Å²) in [5.74, 6) is 0. The van der Waals surface area contributed by atoms with Gasteiger partial charge in [-0.15, -0.1) is 0 Å². The van der Waals surface area contributed by atoms with Gasteiger partial charge in [0.05, 0.1) is 22.5 Å². The van der Waals surface area contributed by atoms with Crippen molar-refractivity contribution in [1.82, 2.24) is 0 Å². The fourth-order valence-electron chi connectivity index (χ4n) is 2.89. The number of anilines is 3. The minimum absolute atomic E-state index is 0.0666. The van der Waals surface area contributed by atoms with Gasteiger partial charge in [0.2, 0.25) is 10.0 Å². The molecule has 30 heavy (non-hydrogen) atoms. The second-order valence-corrected chi connectivity index (χ2v) is 9.89. The number of nitrogens with one attached hydrogen (secondary N) is 1. The Morgan fingerprint density at radius 3 is 1.90 bits per heavy atom. The zero-order chi connectivity index (χ0) is 23.1. The Morgan fingerprint density at radius 2 is 1.50 bits per heavy atom. The average Bonchev–Trinajstić information content (AvgIpc) is 2.64. The zero-order valence-electron chi connectivity index (χ0n) is 18.0. The molecule has 0 unspecified atom stereocenters. The van der Waals surface area contributed by atoms with Crippen LogP contribution in [0.25, 0.3) is 0 Å². The molecule has 2 aromatic rings. The van der Waals surface area contributed by atoms with Crippen molar-refractivity contribution in [3.05, 3.63) is 47.5 Å². The summed E-state index contributed by atoms with van der Waals surface area (Å²) in [5, 5.41) is 0. The fourth-order valence-corrected chi connectivity index (χ4v) is 3.98. The van der Waals surface area contributed by atoms with Gasteiger partial charge in [-0.25, -0.2) is 8.42 Å². The van der Waals surface area contributed by atoms with Crippen LogP contribution in [0.4, 0.5) is 17.1 Å². The van der Waals surface area contributed by atoms with E-state index >= 15 is 0 Å². The van der Waals surface area contributed by atoms with Crippen LogP contribution in [0.2, 0.25) is 0 Å². The molecule has 2 aromatic carbocycles. The van der Waals surface area contributed by atoms with E-state index in [-0.39, 0.29) is 4.90 Å². The first-order valence-corrected chi connectivity index (χ1v) is 12.8. The van der Waals surface area contributed by atoms with Crippen molar-refractivity contribution in [2.75, 3.05) is 34.7 Å². The van der Waals surface area contributed by atoms with Crippen LogP contribution < -0.4 is 15.4 Å². The molecule has 0 saturated carbocycles. The highest BCUT2D eigenvalue weighted by molar-refractivity contribution is 7.92. The van der Waals surface area contributed by atoms with Crippen molar-refractivity contribution in [1.29, 1.82) is 0 Å². The van der Waals surface area contributed by atoms with Crippen LogP contribution in [0, 0.1) is 6.92 Å². The van der Waals surface area contributed by atoms with Crippen molar-refractivity contribution < 1.29 is 21.4 Å². The van der Waals surface area contributed by atoms with E-state index in [1.807, 2.05) is 19.9 Å². The van der Waals surface area contributed by atoms with Gasteiger partial charge in [0, 0.05) is 24.3 Å². The molecule has 0 heterocycles. The van der Waals surface area contributed by atoms with Gasteiger partial charge in [-0.05, 0) is 51.5 Å². The molecule has 0 amide bonds. The van der Waals surface area contributed by atoms with Gasteiger partial charge < -0.3 is 10.6 Å². The number of sulfonamides is 1. The molecule has 0 aliphatic rings. The zero-order valence-corrected chi connectivity index (χ0v) is 19.6. The highest BCUT2D eigenvalue weighted by Crippen LogP contribution is 2.33. The molecule has 0 fully saturated rings. The molecule has 0 bridgehead atoms. The molecule has 0 radical (unpaired) electrons. The molecule has 0 aliphatic carbocycles. The maximum absolute atomic E-state index is 11.5. The molecular weight excluding hydrogens is 426 g/mol. The molecule has 10 heteroatoms. The quantitative estimate of drug-likeness (QED) is 0.429. The van der Waals surface area contributed by atoms with Crippen LogP contribution in [-0.2, 0) is 26.6 Å². The highest BCUT2D eigenvalue weighted by Gasteiger charge is 2.16. The second kappa shape index (κ2) is 10.6. The third kappa shape index (κ3) is 7.51. The molecule has 0 saturated heterocycles. The first-order valence-electron chi connectivity index (χ1n) is 9.52. The number of aryl methyl sites for hydroxylation is 1. The van der Waals surface area contributed by atoms with E-state index in [4.69, 9.17) is 10.3 Å². The molecule has 0 aliphatic heterocycles. The Hall–Kier alpha value is -2.30. The van der Waals surface area contributed by atoms with E-state index < -0.39 is 20.1 Å². The number of nitrogens with zero attached hydrogens (tertiary/aromatic N) is 1. The van der Waals surface area contributed by atoms with Crippen LogP contribution in [0.5, 0.6) is 0 Å². The van der Waals surface area contributed by atoms with E-state index in [2.05, 4.69) is 23.5 Å². The number of hydrogen-bond acceptors (Lipinski definition) is 6. The first-order chi connectivity index (χ1) is 13.8. The lowest BCUT2D eigenvalue weighted by molar-refractivity contribution is 0.483. The predicted octanol–water partition coefficient (Wildman–Crippen LogP) is 3.29. The Kier molecular flexibility index (Phi) is 9.13. The predicted molar refractivity (Wildman–Crippen MR) is 123 cm³/mol. The molecule has 0 aromatic heterocycles. The van der Waals surface area contributed by atoms with Crippen LogP contribution in [0.15, 0.2) is 41.3 Å². The SMILES string of the molecule is CCc1c(N(CC)CC)ccc(N)c1NS(C)(=O)=O.Cc1ccc(S(=O)(=O)O)cc1. The first kappa shape index (κ1) is 25.7. The van der Waals surface area contributed by atoms with Gasteiger partial charge in [-0.3, -0.25) is 9.27 Å². The molecule has 168 valence electrons. The fraction of sp³-hybridized carbons (Fsp3) is 0.400. The summed E-state index contributed by atoms with van der Waals surface area (Å²) < 4.78 is 55.0. The van der Waals surface area contributed by atoms with Gasteiger partial charge in [-0.1, -0.05) is 24.6 Å². The lowest BCUT2D eigenvalue weighted by Gasteiger charge is -2.26. The highest BCUT2D eigenvalue weighted by atomic mass is 32.2. The Labute approximate surface area is 179 Å². The number of nitrogen functional groups attached to an aromatic ring is 1. The summed E-state index contributed by atoms with van der Waals surface area (Å²) >= 11 is 0. The monoisotopic (exact) mass is 457 g/mol. The summed E-state index contributed by atoms with van der Waals surface area (Å²) in [6.07, 6.45) is 1.85. The van der Waals surface area contributed by atoms with E-state index in [0.29, 0.717) is 17.8 Å². The number of nitrogens with two attached hydrogens (primary N) is 1. The van der Waals surface area contributed by atoms with Crippen molar-refractivity contribution in [3.8, 4) is 0 Å². The summed E-state index contributed by atoms with van der Waals surface area (Å²) in [4.78, 5) is 2.12. The molecule has 8 nitrogen and oxygen atoms in total. The maximum atomic E-state index is 11.5. The summed E-state index contributed by atoms with van der Waals surface area (Å²) in [6.45, 7) is 9.71.